The summed E-state index contributed by atoms with van der Waals surface area (Å²) < 4.78 is 13.2. The molecule has 2 aromatic carbocycles. The lowest BCUT2D eigenvalue weighted by Gasteiger charge is -2.11. The summed E-state index contributed by atoms with van der Waals surface area (Å²) in [7, 11) is 0. The molecule has 3 aromatic rings. The zero-order valence-electron chi connectivity index (χ0n) is 12.7. The van der Waals surface area contributed by atoms with E-state index < -0.39 is 0 Å². The first-order chi connectivity index (χ1) is 11.2. The summed E-state index contributed by atoms with van der Waals surface area (Å²) in [5.41, 5.74) is 3.67. The molecule has 114 valence electrons. The summed E-state index contributed by atoms with van der Waals surface area (Å²) in [4.78, 5) is 0. The maximum atomic E-state index is 13.2. The van der Waals surface area contributed by atoms with E-state index in [1.165, 1.54) is 12.1 Å². The van der Waals surface area contributed by atoms with Crippen LogP contribution in [0, 0.1) is 24.1 Å². The Bertz CT molecular complexity index is 899. The summed E-state index contributed by atoms with van der Waals surface area (Å²) in [5, 5.41) is 21.4. The van der Waals surface area contributed by atoms with Crippen LogP contribution in [-0.4, -0.2) is 16.7 Å². The van der Waals surface area contributed by atoms with E-state index in [-0.39, 0.29) is 11.5 Å². The van der Waals surface area contributed by atoms with Crippen LogP contribution in [0.2, 0.25) is 0 Å². The van der Waals surface area contributed by atoms with Crippen LogP contribution in [0.5, 0.6) is 0 Å². The number of fused-ring (bicyclic) bond motifs is 1. The highest BCUT2D eigenvalue weighted by molar-refractivity contribution is 5.93. The van der Waals surface area contributed by atoms with Crippen molar-refractivity contribution >= 4 is 16.6 Å². The number of hydrogen-bond donors (Lipinski definition) is 1. The Morgan fingerprint density at radius 2 is 2.04 bits per heavy atom. The fourth-order valence-corrected chi connectivity index (χ4v) is 2.50. The molecule has 1 heterocycles. The molecule has 5 heteroatoms. The van der Waals surface area contributed by atoms with Crippen molar-refractivity contribution in [1.29, 1.82) is 5.26 Å². The number of nitrogens with zero attached hydrogens (tertiary/aromatic N) is 3. The first-order valence-electron chi connectivity index (χ1n) is 7.33. The zero-order valence-corrected chi connectivity index (χ0v) is 12.7. The van der Waals surface area contributed by atoms with Crippen LogP contribution < -0.4 is 5.32 Å². The molecule has 0 saturated carbocycles. The molecule has 0 aliphatic rings. The van der Waals surface area contributed by atoms with Gasteiger partial charge in [0.05, 0.1) is 11.2 Å². The van der Waals surface area contributed by atoms with Crippen LogP contribution in [0.15, 0.2) is 42.5 Å². The minimum atomic E-state index is -0.244. The van der Waals surface area contributed by atoms with Gasteiger partial charge in [0, 0.05) is 11.9 Å². The largest absolute Gasteiger partial charge is 0.382 e. The number of aromatic nitrogens is 2. The fourth-order valence-electron chi connectivity index (χ4n) is 2.50. The van der Waals surface area contributed by atoms with Crippen LogP contribution >= 0.6 is 0 Å². The van der Waals surface area contributed by atoms with Gasteiger partial charge in [-0.1, -0.05) is 23.8 Å². The molecule has 0 radical (unpaired) electrons. The summed E-state index contributed by atoms with van der Waals surface area (Å²) in [5.74, 6) is -0.244. The molecule has 0 fully saturated rings. The van der Waals surface area contributed by atoms with Gasteiger partial charge in [-0.3, -0.25) is 0 Å². The fraction of sp³-hybridized carbons (Fsp3) is 0.167. The highest BCUT2D eigenvalue weighted by Gasteiger charge is 2.10. The Labute approximate surface area is 133 Å². The minimum Gasteiger partial charge on any atom is -0.382 e. The second-order valence-electron chi connectivity index (χ2n) is 5.36. The second-order valence-corrected chi connectivity index (χ2v) is 5.36. The van der Waals surface area contributed by atoms with Gasteiger partial charge < -0.3 is 5.32 Å². The lowest BCUT2D eigenvalue weighted by Crippen LogP contribution is -2.08. The van der Waals surface area contributed by atoms with Crippen molar-refractivity contribution in [2.24, 2.45) is 0 Å². The average Bonchev–Trinajstić information content (AvgIpc) is 2.55. The third-order valence-electron chi connectivity index (χ3n) is 3.63. The van der Waals surface area contributed by atoms with Gasteiger partial charge in [-0.05, 0) is 43.2 Å². The SMILES string of the molecule is Cc1ccc2nnc(C#N)c(NCCc3cccc(F)c3)c2c1. The van der Waals surface area contributed by atoms with Crippen LogP contribution in [0.3, 0.4) is 0 Å². The highest BCUT2D eigenvalue weighted by Crippen LogP contribution is 2.25. The van der Waals surface area contributed by atoms with Gasteiger partial charge in [0.15, 0.2) is 5.69 Å². The number of benzene rings is 2. The minimum absolute atomic E-state index is 0.244. The quantitative estimate of drug-likeness (QED) is 0.800. The number of halogens is 1. The lowest BCUT2D eigenvalue weighted by molar-refractivity contribution is 0.625. The Morgan fingerprint density at radius 1 is 1.17 bits per heavy atom. The lowest BCUT2D eigenvalue weighted by atomic mass is 10.1. The van der Waals surface area contributed by atoms with Crippen LogP contribution in [0.4, 0.5) is 10.1 Å². The molecule has 0 atom stereocenters. The smallest absolute Gasteiger partial charge is 0.186 e. The normalized spacial score (nSPS) is 10.5. The van der Waals surface area contributed by atoms with Crippen molar-refractivity contribution in [3.63, 3.8) is 0 Å². The molecule has 0 unspecified atom stereocenters. The average molecular weight is 306 g/mol. The predicted molar refractivity (Wildman–Crippen MR) is 87.6 cm³/mol. The monoisotopic (exact) mass is 306 g/mol. The van der Waals surface area contributed by atoms with Gasteiger partial charge in [0.2, 0.25) is 0 Å². The summed E-state index contributed by atoms with van der Waals surface area (Å²) in [6, 6.07) is 14.4. The van der Waals surface area contributed by atoms with E-state index in [1.807, 2.05) is 31.2 Å². The second kappa shape index (κ2) is 6.41. The zero-order chi connectivity index (χ0) is 16.2. The predicted octanol–water partition coefficient (Wildman–Crippen LogP) is 3.60. The molecule has 0 aliphatic heterocycles. The van der Waals surface area contributed by atoms with Crippen LogP contribution in [0.25, 0.3) is 10.9 Å². The van der Waals surface area contributed by atoms with Crippen molar-refractivity contribution in [3.05, 3.63) is 65.1 Å². The molecule has 1 aromatic heterocycles. The summed E-state index contributed by atoms with van der Waals surface area (Å²) in [6.07, 6.45) is 0.651. The number of nitriles is 1. The highest BCUT2D eigenvalue weighted by atomic mass is 19.1. The Morgan fingerprint density at radius 3 is 2.83 bits per heavy atom. The van der Waals surface area contributed by atoms with Gasteiger partial charge in [0.1, 0.15) is 11.9 Å². The van der Waals surface area contributed by atoms with E-state index in [4.69, 9.17) is 0 Å². The third-order valence-corrected chi connectivity index (χ3v) is 3.63. The van der Waals surface area contributed by atoms with E-state index in [9.17, 15) is 9.65 Å². The van der Waals surface area contributed by atoms with Crippen molar-refractivity contribution in [2.75, 3.05) is 11.9 Å². The maximum absolute atomic E-state index is 13.2. The first-order valence-corrected chi connectivity index (χ1v) is 7.33. The molecule has 23 heavy (non-hydrogen) atoms. The number of nitrogens with one attached hydrogen (secondary N) is 1. The van der Waals surface area contributed by atoms with Gasteiger partial charge in [-0.2, -0.15) is 5.26 Å². The molecule has 0 bridgehead atoms. The number of hydrogen-bond acceptors (Lipinski definition) is 4. The van der Waals surface area contributed by atoms with Crippen molar-refractivity contribution in [1.82, 2.24) is 10.2 Å². The topological polar surface area (TPSA) is 61.6 Å². The molecular weight excluding hydrogens is 291 g/mol. The number of anilines is 1. The molecule has 0 aliphatic carbocycles. The van der Waals surface area contributed by atoms with Gasteiger partial charge >= 0.3 is 0 Å². The van der Waals surface area contributed by atoms with E-state index in [2.05, 4.69) is 21.6 Å². The van der Waals surface area contributed by atoms with Crippen molar-refractivity contribution in [3.8, 4) is 6.07 Å². The van der Waals surface area contributed by atoms with E-state index in [0.29, 0.717) is 18.7 Å². The standard InChI is InChI=1S/C18H15FN4/c1-12-5-6-16-15(9-12)18(17(11-20)23-22-16)21-8-7-13-3-2-4-14(19)10-13/h2-6,9-10H,7-8H2,1H3,(H,21,22). The Hall–Kier alpha value is -3.00. The number of rotatable bonds is 4. The molecule has 1 N–H and O–H groups in total. The van der Waals surface area contributed by atoms with Crippen LogP contribution in [0.1, 0.15) is 16.8 Å². The molecular formula is C18H15FN4. The molecule has 3 rings (SSSR count). The Kier molecular flexibility index (Phi) is 4.15. The van der Waals surface area contributed by atoms with Crippen LogP contribution in [-0.2, 0) is 6.42 Å². The maximum Gasteiger partial charge on any atom is 0.186 e. The van der Waals surface area contributed by atoms with Crippen molar-refractivity contribution in [2.45, 2.75) is 13.3 Å². The molecule has 0 spiro atoms. The van der Waals surface area contributed by atoms with Crippen molar-refractivity contribution < 1.29 is 4.39 Å². The van der Waals surface area contributed by atoms with Gasteiger partial charge in [0.25, 0.3) is 0 Å². The van der Waals surface area contributed by atoms with E-state index in [0.717, 1.165) is 22.0 Å². The first kappa shape index (κ1) is 14.9. The number of aryl methyl sites for hydroxylation is 1. The molecule has 0 amide bonds. The molecule has 4 nitrogen and oxygen atoms in total. The third kappa shape index (κ3) is 3.27. The van der Waals surface area contributed by atoms with E-state index in [1.54, 1.807) is 6.07 Å². The summed E-state index contributed by atoms with van der Waals surface area (Å²) >= 11 is 0. The molecule has 0 saturated heterocycles. The van der Waals surface area contributed by atoms with Gasteiger partial charge in [-0.25, -0.2) is 4.39 Å². The van der Waals surface area contributed by atoms with E-state index >= 15 is 0 Å². The van der Waals surface area contributed by atoms with Gasteiger partial charge in [-0.15, -0.1) is 10.2 Å². The Balaban J connectivity index is 1.86. The summed E-state index contributed by atoms with van der Waals surface area (Å²) in [6.45, 7) is 2.56.